The van der Waals surface area contributed by atoms with Crippen molar-refractivity contribution in [3.8, 4) is 0 Å². The molecule has 0 saturated heterocycles. The van der Waals surface area contributed by atoms with Crippen molar-refractivity contribution in [3.05, 3.63) is 46.1 Å². The molecule has 0 fully saturated rings. The smallest absolute Gasteiger partial charge is 0.134 e. The molecule has 3 heteroatoms. The summed E-state index contributed by atoms with van der Waals surface area (Å²) in [6.45, 7) is 3.19. The monoisotopic (exact) mass is 347 g/mol. The standard InChI is InChI=1S/C18H22BrNO/c1-13(20-10-9-14-5-3-2-4-6-14)18-12-15-11-16(19)7-8-17(15)21-18/h5,7-8,11-13,20H,2-4,6,9-10H2,1H3. The van der Waals surface area contributed by atoms with Gasteiger partial charge in [-0.15, -0.1) is 0 Å². The Kier molecular flexibility index (Phi) is 4.81. The van der Waals surface area contributed by atoms with Gasteiger partial charge in [-0.05, 0) is 69.8 Å². The van der Waals surface area contributed by atoms with Gasteiger partial charge in [0.1, 0.15) is 11.3 Å². The van der Waals surface area contributed by atoms with Gasteiger partial charge in [-0.25, -0.2) is 0 Å². The van der Waals surface area contributed by atoms with E-state index < -0.39 is 0 Å². The minimum atomic E-state index is 0.250. The number of rotatable bonds is 5. The van der Waals surface area contributed by atoms with Crippen LogP contribution in [0.4, 0.5) is 0 Å². The van der Waals surface area contributed by atoms with Gasteiger partial charge in [0.15, 0.2) is 0 Å². The Labute approximate surface area is 134 Å². The Morgan fingerprint density at radius 1 is 1.29 bits per heavy atom. The maximum atomic E-state index is 5.93. The summed E-state index contributed by atoms with van der Waals surface area (Å²) in [5.41, 5.74) is 2.58. The summed E-state index contributed by atoms with van der Waals surface area (Å²) in [6.07, 6.45) is 8.87. The fourth-order valence-electron chi connectivity index (χ4n) is 2.93. The fourth-order valence-corrected chi connectivity index (χ4v) is 3.31. The molecule has 1 aliphatic rings. The molecule has 1 aliphatic carbocycles. The second kappa shape index (κ2) is 6.80. The number of furan rings is 1. The summed E-state index contributed by atoms with van der Waals surface area (Å²) in [5, 5.41) is 4.73. The molecule has 1 aromatic carbocycles. The summed E-state index contributed by atoms with van der Waals surface area (Å²) in [6, 6.07) is 8.52. The predicted octanol–water partition coefficient (Wildman–Crippen LogP) is 5.74. The predicted molar refractivity (Wildman–Crippen MR) is 91.5 cm³/mol. The number of allylic oxidation sites excluding steroid dienone is 1. The normalized spacial score (nSPS) is 17.0. The number of hydrogen-bond donors (Lipinski definition) is 1. The Morgan fingerprint density at radius 2 is 2.19 bits per heavy atom. The van der Waals surface area contributed by atoms with Crippen molar-refractivity contribution in [2.24, 2.45) is 0 Å². The molecular weight excluding hydrogens is 326 g/mol. The second-order valence-electron chi connectivity index (χ2n) is 5.86. The minimum Gasteiger partial charge on any atom is -0.459 e. The molecule has 1 heterocycles. The lowest BCUT2D eigenvalue weighted by atomic mass is 9.97. The van der Waals surface area contributed by atoms with Gasteiger partial charge in [0.25, 0.3) is 0 Å². The largest absolute Gasteiger partial charge is 0.459 e. The van der Waals surface area contributed by atoms with E-state index in [4.69, 9.17) is 4.42 Å². The van der Waals surface area contributed by atoms with Crippen molar-refractivity contribution < 1.29 is 4.42 Å². The Morgan fingerprint density at radius 3 is 3.00 bits per heavy atom. The Hall–Kier alpha value is -1.06. The Balaban J connectivity index is 1.58. The van der Waals surface area contributed by atoms with Crippen LogP contribution in [0.5, 0.6) is 0 Å². The van der Waals surface area contributed by atoms with Gasteiger partial charge < -0.3 is 9.73 Å². The highest BCUT2D eigenvalue weighted by atomic mass is 79.9. The SMILES string of the molecule is CC(NCCC1=CCCCC1)c1cc2cc(Br)ccc2o1. The molecule has 2 aromatic rings. The molecule has 1 atom stereocenters. The summed E-state index contributed by atoms with van der Waals surface area (Å²) >= 11 is 3.50. The minimum absolute atomic E-state index is 0.250. The molecule has 0 radical (unpaired) electrons. The molecule has 0 spiro atoms. The third-order valence-electron chi connectivity index (χ3n) is 4.21. The van der Waals surface area contributed by atoms with Crippen LogP contribution in [0, 0.1) is 0 Å². The van der Waals surface area contributed by atoms with E-state index in [0.717, 1.165) is 34.2 Å². The highest BCUT2D eigenvalue weighted by Crippen LogP contribution is 2.26. The lowest BCUT2D eigenvalue weighted by Crippen LogP contribution is -2.20. The third kappa shape index (κ3) is 3.78. The number of fused-ring (bicyclic) bond motifs is 1. The molecule has 2 nitrogen and oxygen atoms in total. The molecular formula is C18H22BrNO. The molecule has 0 saturated carbocycles. The molecule has 0 aliphatic heterocycles. The maximum Gasteiger partial charge on any atom is 0.134 e. The van der Waals surface area contributed by atoms with Gasteiger partial charge in [-0.2, -0.15) is 0 Å². The van der Waals surface area contributed by atoms with Gasteiger partial charge in [-0.1, -0.05) is 27.6 Å². The third-order valence-corrected chi connectivity index (χ3v) is 4.70. The molecule has 112 valence electrons. The zero-order valence-electron chi connectivity index (χ0n) is 12.5. The lowest BCUT2D eigenvalue weighted by molar-refractivity contribution is 0.451. The fraction of sp³-hybridized carbons (Fsp3) is 0.444. The molecule has 1 aromatic heterocycles. The average molecular weight is 348 g/mol. The van der Waals surface area contributed by atoms with Crippen LogP contribution in [0.25, 0.3) is 11.0 Å². The number of hydrogen-bond acceptors (Lipinski definition) is 2. The van der Waals surface area contributed by atoms with Crippen molar-refractivity contribution in [3.63, 3.8) is 0 Å². The first-order valence-corrected chi connectivity index (χ1v) is 8.62. The lowest BCUT2D eigenvalue weighted by Gasteiger charge is -2.15. The van der Waals surface area contributed by atoms with Crippen LogP contribution < -0.4 is 5.32 Å². The van der Waals surface area contributed by atoms with Crippen LogP contribution in [0.2, 0.25) is 0 Å². The number of nitrogens with one attached hydrogen (secondary N) is 1. The van der Waals surface area contributed by atoms with Crippen LogP contribution in [0.15, 0.2) is 44.8 Å². The number of benzene rings is 1. The molecule has 1 unspecified atom stereocenters. The first kappa shape index (κ1) is 14.9. The van der Waals surface area contributed by atoms with E-state index in [1.807, 2.05) is 12.1 Å². The number of halogens is 1. The van der Waals surface area contributed by atoms with Crippen molar-refractivity contribution in [1.29, 1.82) is 0 Å². The highest BCUT2D eigenvalue weighted by molar-refractivity contribution is 9.10. The first-order chi connectivity index (χ1) is 10.2. The zero-order chi connectivity index (χ0) is 14.7. The van der Waals surface area contributed by atoms with Gasteiger partial charge in [0, 0.05) is 9.86 Å². The van der Waals surface area contributed by atoms with E-state index in [1.165, 1.54) is 25.7 Å². The van der Waals surface area contributed by atoms with Crippen LogP contribution >= 0.6 is 15.9 Å². The van der Waals surface area contributed by atoms with Crippen LogP contribution in [0.1, 0.15) is 50.8 Å². The summed E-state index contributed by atoms with van der Waals surface area (Å²) in [4.78, 5) is 0. The van der Waals surface area contributed by atoms with E-state index in [-0.39, 0.29) is 6.04 Å². The Bertz CT molecular complexity index is 644. The topological polar surface area (TPSA) is 25.2 Å². The summed E-state index contributed by atoms with van der Waals surface area (Å²) in [5.74, 6) is 1.01. The quantitative estimate of drug-likeness (QED) is 0.698. The van der Waals surface area contributed by atoms with E-state index in [1.54, 1.807) is 5.57 Å². The average Bonchev–Trinajstić information content (AvgIpc) is 2.91. The van der Waals surface area contributed by atoms with Gasteiger partial charge in [-0.3, -0.25) is 0 Å². The van der Waals surface area contributed by atoms with Crippen molar-refractivity contribution in [2.45, 2.75) is 45.1 Å². The zero-order valence-corrected chi connectivity index (χ0v) is 14.1. The molecule has 0 amide bonds. The molecule has 3 rings (SSSR count). The summed E-state index contributed by atoms with van der Waals surface area (Å²) < 4.78 is 7.02. The van der Waals surface area contributed by atoms with E-state index in [0.29, 0.717) is 0 Å². The van der Waals surface area contributed by atoms with Crippen molar-refractivity contribution in [2.75, 3.05) is 6.54 Å². The van der Waals surface area contributed by atoms with Crippen LogP contribution in [0.3, 0.4) is 0 Å². The van der Waals surface area contributed by atoms with Gasteiger partial charge >= 0.3 is 0 Å². The van der Waals surface area contributed by atoms with Gasteiger partial charge in [0.05, 0.1) is 6.04 Å². The van der Waals surface area contributed by atoms with Gasteiger partial charge in [0.2, 0.25) is 0 Å². The van der Waals surface area contributed by atoms with E-state index in [9.17, 15) is 0 Å². The van der Waals surface area contributed by atoms with Crippen LogP contribution in [-0.2, 0) is 0 Å². The van der Waals surface area contributed by atoms with Crippen LogP contribution in [-0.4, -0.2) is 6.54 Å². The second-order valence-corrected chi connectivity index (χ2v) is 6.78. The van der Waals surface area contributed by atoms with Crippen molar-refractivity contribution in [1.82, 2.24) is 5.32 Å². The highest BCUT2D eigenvalue weighted by Gasteiger charge is 2.11. The maximum absolute atomic E-state index is 5.93. The molecule has 21 heavy (non-hydrogen) atoms. The van der Waals surface area contributed by atoms with E-state index in [2.05, 4.69) is 46.4 Å². The molecule has 0 bridgehead atoms. The molecule has 1 N–H and O–H groups in total. The summed E-state index contributed by atoms with van der Waals surface area (Å²) in [7, 11) is 0. The van der Waals surface area contributed by atoms with Crippen molar-refractivity contribution >= 4 is 26.9 Å². The first-order valence-electron chi connectivity index (χ1n) is 7.82. The van der Waals surface area contributed by atoms with E-state index >= 15 is 0 Å².